The summed E-state index contributed by atoms with van der Waals surface area (Å²) in [5.41, 5.74) is 0.793. The minimum absolute atomic E-state index is 0.127. The Balaban J connectivity index is 2.82. The topological polar surface area (TPSA) is 69.6 Å². The van der Waals surface area contributed by atoms with E-state index in [1.165, 1.54) is 0 Å². The highest BCUT2D eigenvalue weighted by atomic mass is 16.4. The molecule has 0 saturated carbocycles. The molecule has 1 aromatic carbocycles. The lowest BCUT2D eigenvalue weighted by Gasteiger charge is -2.29. The van der Waals surface area contributed by atoms with Gasteiger partial charge >= 0.3 is 5.97 Å². The van der Waals surface area contributed by atoms with Gasteiger partial charge < -0.3 is 10.2 Å². The lowest BCUT2D eigenvalue weighted by Crippen LogP contribution is -2.47. The van der Waals surface area contributed by atoms with E-state index in [9.17, 15) is 9.90 Å². The molecule has 0 amide bonds. The number of aliphatic carboxylic acids is 1. The van der Waals surface area contributed by atoms with Gasteiger partial charge in [-0.05, 0) is 18.4 Å². The second-order valence-electron chi connectivity index (χ2n) is 4.85. The maximum absolute atomic E-state index is 10.9. The molecule has 0 aliphatic rings. The van der Waals surface area contributed by atoms with Gasteiger partial charge in [-0.3, -0.25) is 10.1 Å². The average Bonchev–Trinajstić information content (AvgIpc) is 2.35. The molecule has 3 unspecified atom stereocenters. The largest absolute Gasteiger partial charge is 0.480 e. The van der Waals surface area contributed by atoms with Crippen LogP contribution in [0.25, 0.3) is 0 Å². The highest BCUT2D eigenvalue weighted by molar-refractivity contribution is 5.72. The van der Waals surface area contributed by atoms with E-state index in [0.29, 0.717) is 0 Å². The van der Waals surface area contributed by atoms with E-state index < -0.39 is 18.1 Å². The van der Waals surface area contributed by atoms with Crippen LogP contribution in [0.15, 0.2) is 30.3 Å². The van der Waals surface area contributed by atoms with E-state index in [0.717, 1.165) is 5.56 Å². The molecule has 1 aromatic rings. The summed E-state index contributed by atoms with van der Waals surface area (Å²) in [4.78, 5) is 10.9. The van der Waals surface area contributed by atoms with Crippen molar-refractivity contribution in [2.75, 3.05) is 0 Å². The van der Waals surface area contributed by atoms with E-state index in [2.05, 4.69) is 5.32 Å². The molecule has 0 aliphatic heterocycles. The standard InChI is InChI=1S/C14H21NO3/c1-9(2)12(15-10(3)14(17)18)13(16)11-7-5-4-6-8-11/h4-10,12-13,15-16H,1-3H3,(H,17,18). The molecule has 0 bridgehead atoms. The Morgan fingerprint density at radius 3 is 2.17 bits per heavy atom. The number of aliphatic hydroxyl groups is 1. The van der Waals surface area contributed by atoms with Crippen LogP contribution in [0.5, 0.6) is 0 Å². The summed E-state index contributed by atoms with van der Waals surface area (Å²) in [6.45, 7) is 5.49. The van der Waals surface area contributed by atoms with Crippen LogP contribution in [0.3, 0.4) is 0 Å². The van der Waals surface area contributed by atoms with Gasteiger partial charge in [0.15, 0.2) is 0 Å². The van der Waals surface area contributed by atoms with Crippen LogP contribution in [-0.4, -0.2) is 28.3 Å². The summed E-state index contributed by atoms with van der Waals surface area (Å²) in [6.07, 6.45) is -0.715. The fourth-order valence-corrected chi connectivity index (χ4v) is 1.87. The van der Waals surface area contributed by atoms with Gasteiger partial charge in [-0.15, -0.1) is 0 Å². The summed E-state index contributed by atoms with van der Waals surface area (Å²) in [7, 11) is 0. The van der Waals surface area contributed by atoms with Crippen LogP contribution in [-0.2, 0) is 4.79 Å². The van der Waals surface area contributed by atoms with Crippen LogP contribution in [0.2, 0.25) is 0 Å². The summed E-state index contributed by atoms with van der Waals surface area (Å²) in [6, 6.07) is 8.30. The average molecular weight is 251 g/mol. The van der Waals surface area contributed by atoms with Crippen LogP contribution in [0.1, 0.15) is 32.4 Å². The van der Waals surface area contributed by atoms with E-state index in [1.54, 1.807) is 6.92 Å². The van der Waals surface area contributed by atoms with Crippen molar-refractivity contribution in [1.29, 1.82) is 0 Å². The lowest BCUT2D eigenvalue weighted by molar-refractivity contribution is -0.139. The van der Waals surface area contributed by atoms with Crippen LogP contribution in [0.4, 0.5) is 0 Å². The summed E-state index contributed by atoms with van der Waals surface area (Å²) >= 11 is 0. The van der Waals surface area contributed by atoms with Gasteiger partial charge in [0.05, 0.1) is 6.10 Å². The monoisotopic (exact) mass is 251 g/mol. The maximum Gasteiger partial charge on any atom is 0.320 e. The molecular weight excluding hydrogens is 230 g/mol. The van der Waals surface area contributed by atoms with Crippen molar-refractivity contribution in [3.05, 3.63) is 35.9 Å². The number of nitrogens with one attached hydrogen (secondary N) is 1. The second kappa shape index (κ2) is 6.52. The maximum atomic E-state index is 10.9. The first-order valence-corrected chi connectivity index (χ1v) is 6.15. The number of hydrogen-bond donors (Lipinski definition) is 3. The molecule has 0 aromatic heterocycles. The Kier molecular flexibility index (Phi) is 5.31. The van der Waals surface area contributed by atoms with Gasteiger partial charge in [-0.1, -0.05) is 44.2 Å². The number of rotatable bonds is 6. The Hall–Kier alpha value is -1.39. The molecule has 18 heavy (non-hydrogen) atoms. The Bertz CT molecular complexity index is 378. The van der Waals surface area contributed by atoms with Gasteiger partial charge in [0.2, 0.25) is 0 Å². The Morgan fingerprint density at radius 1 is 1.17 bits per heavy atom. The third-order valence-corrected chi connectivity index (χ3v) is 3.01. The number of benzene rings is 1. The fraction of sp³-hybridized carbons (Fsp3) is 0.500. The van der Waals surface area contributed by atoms with Gasteiger partial charge in [-0.2, -0.15) is 0 Å². The van der Waals surface area contributed by atoms with E-state index in [-0.39, 0.29) is 12.0 Å². The summed E-state index contributed by atoms with van der Waals surface area (Å²) in [5.74, 6) is -0.789. The summed E-state index contributed by atoms with van der Waals surface area (Å²) < 4.78 is 0. The lowest BCUT2D eigenvalue weighted by atomic mass is 9.93. The number of hydrogen-bond acceptors (Lipinski definition) is 3. The second-order valence-corrected chi connectivity index (χ2v) is 4.85. The van der Waals surface area contributed by atoms with Gasteiger partial charge in [0, 0.05) is 6.04 Å². The van der Waals surface area contributed by atoms with Crippen molar-refractivity contribution in [3.8, 4) is 0 Å². The zero-order chi connectivity index (χ0) is 13.7. The Morgan fingerprint density at radius 2 is 1.72 bits per heavy atom. The van der Waals surface area contributed by atoms with Crippen molar-refractivity contribution >= 4 is 5.97 Å². The van der Waals surface area contributed by atoms with Crippen LogP contribution in [0, 0.1) is 5.92 Å². The molecule has 0 saturated heterocycles. The van der Waals surface area contributed by atoms with E-state index in [1.807, 2.05) is 44.2 Å². The molecule has 4 heteroatoms. The molecule has 0 spiro atoms. The zero-order valence-electron chi connectivity index (χ0n) is 11.0. The normalized spacial score (nSPS) is 16.3. The van der Waals surface area contributed by atoms with Crippen LogP contribution < -0.4 is 5.32 Å². The molecule has 0 radical (unpaired) electrons. The van der Waals surface area contributed by atoms with Gasteiger partial charge in [0.25, 0.3) is 0 Å². The first-order chi connectivity index (χ1) is 8.43. The molecule has 3 N–H and O–H groups in total. The van der Waals surface area contributed by atoms with Crippen LogP contribution >= 0.6 is 0 Å². The molecular formula is C14H21NO3. The quantitative estimate of drug-likeness (QED) is 0.721. The highest BCUT2D eigenvalue weighted by Gasteiger charge is 2.27. The van der Waals surface area contributed by atoms with E-state index >= 15 is 0 Å². The highest BCUT2D eigenvalue weighted by Crippen LogP contribution is 2.22. The van der Waals surface area contributed by atoms with Crippen molar-refractivity contribution in [2.24, 2.45) is 5.92 Å². The molecule has 0 heterocycles. The van der Waals surface area contributed by atoms with Crippen molar-refractivity contribution < 1.29 is 15.0 Å². The molecule has 100 valence electrons. The minimum Gasteiger partial charge on any atom is -0.480 e. The summed E-state index contributed by atoms with van der Waals surface area (Å²) in [5, 5.41) is 22.2. The number of aliphatic hydroxyl groups excluding tert-OH is 1. The first-order valence-electron chi connectivity index (χ1n) is 6.15. The van der Waals surface area contributed by atoms with Crippen molar-refractivity contribution in [3.63, 3.8) is 0 Å². The first kappa shape index (κ1) is 14.7. The number of carboxylic acid groups (broad SMARTS) is 1. The van der Waals surface area contributed by atoms with Gasteiger partial charge in [0.1, 0.15) is 6.04 Å². The minimum atomic E-state index is -0.916. The molecule has 3 atom stereocenters. The molecule has 1 rings (SSSR count). The number of carboxylic acids is 1. The van der Waals surface area contributed by atoms with Crippen molar-refractivity contribution in [2.45, 2.75) is 39.0 Å². The SMILES string of the molecule is CC(NC(C(C)C)C(O)c1ccccc1)C(=O)O. The predicted molar refractivity (Wildman–Crippen MR) is 70.3 cm³/mol. The third-order valence-electron chi connectivity index (χ3n) is 3.01. The smallest absolute Gasteiger partial charge is 0.320 e. The van der Waals surface area contributed by atoms with E-state index in [4.69, 9.17) is 5.11 Å². The van der Waals surface area contributed by atoms with Gasteiger partial charge in [-0.25, -0.2) is 0 Å². The fourth-order valence-electron chi connectivity index (χ4n) is 1.87. The molecule has 0 aliphatic carbocycles. The third kappa shape index (κ3) is 3.82. The zero-order valence-corrected chi connectivity index (χ0v) is 11.0. The predicted octanol–water partition coefficient (Wildman–Crippen LogP) is 1.81. The Labute approximate surface area is 108 Å². The molecule has 4 nitrogen and oxygen atoms in total. The van der Waals surface area contributed by atoms with Crippen molar-refractivity contribution in [1.82, 2.24) is 5.32 Å². The number of carbonyl (C=O) groups is 1. The molecule has 0 fully saturated rings.